The Morgan fingerprint density at radius 1 is 1.62 bits per heavy atom. The Hall–Kier alpha value is -0.380. The zero-order valence-corrected chi connectivity index (χ0v) is 8.60. The van der Waals surface area contributed by atoms with Gasteiger partial charge in [0.1, 0.15) is 5.60 Å². The normalized spacial score (nSPS) is 29.8. The fraction of sp³-hybridized carbons (Fsp3) is 0.600. The molecular weight excluding hydrogens is 182 g/mol. The average molecular weight is 197 g/mol. The first-order valence-corrected chi connectivity index (χ1v) is 5.62. The van der Waals surface area contributed by atoms with Gasteiger partial charge in [-0.3, -0.25) is 0 Å². The van der Waals surface area contributed by atoms with Crippen molar-refractivity contribution in [2.75, 3.05) is 0 Å². The zero-order chi connectivity index (χ0) is 9.47. The van der Waals surface area contributed by atoms with Crippen molar-refractivity contribution in [1.82, 2.24) is 0 Å². The summed E-state index contributed by atoms with van der Waals surface area (Å²) in [6.45, 7) is 1.88. The largest absolute Gasteiger partial charge is 0.384 e. The van der Waals surface area contributed by atoms with E-state index in [2.05, 4.69) is 5.38 Å². The Labute approximate surface area is 82.4 Å². The molecule has 2 unspecified atom stereocenters. The second kappa shape index (κ2) is 3.08. The van der Waals surface area contributed by atoms with Crippen LogP contribution in [0.5, 0.6) is 0 Å². The lowest BCUT2D eigenvalue weighted by molar-refractivity contribution is -0.00115. The van der Waals surface area contributed by atoms with Crippen LogP contribution in [0.15, 0.2) is 10.8 Å². The van der Waals surface area contributed by atoms with Crippen LogP contribution in [0.1, 0.15) is 30.9 Å². The topological polar surface area (TPSA) is 46.2 Å². The first kappa shape index (κ1) is 9.19. The second-order valence-corrected chi connectivity index (χ2v) is 4.62. The Morgan fingerprint density at radius 2 is 2.38 bits per heavy atom. The minimum atomic E-state index is -0.770. The van der Waals surface area contributed by atoms with Crippen LogP contribution in [-0.4, -0.2) is 11.1 Å². The molecule has 3 heteroatoms. The number of hydrogen-bond acceptors (Lipinski definition) is 3. The van der Waals surface area contributed by atoms with E-state index in [-0.39, 0.29) is 6.04 Å². The lowest BCUT2D eigenvalue weighted by Gasteiger charge is -2.35. The molecule has 1 aliphatic carbocycles. The molecule has 0 radical (unpaired) electrons. The SMILES string of the molecule is CC(N)C1(O)CCCc2cscc21. The summed E-state index contributed by atoms with van der Waals surface area (Å²) >= 11 is 1.66. The standard InChI is InChI=1S/C10H15NOS/c1-7(11)10(12)4-2-3-8-5-13-6-9(8)10/h5-7,12H,2-4,11H2,1H3. The van der Waals surface area contributed by atoms with E-state index in [0.717, 1.165) is 24.8 Å². The van der Waals surface area contributed by atoms with Crippen LogP contribution in [0, 0.1) is 0 Å². The summed E-state index contributed by atoms with van der Waals surface area (Å²) in [5.74, 6) is 0. The fourth-order valence-electron chi connectivity index (χ4n) is 2.05. The quantitative estimate of drug-likeness (QED) is 0.718. The molecule has 0 aromatic carbocycles. The molecule has 1 aromatic rings. The number of hydrogen-bond donors (Lipinski definition) is 2. The maximum atomic E-state index is 10.4. The highest BCUT2D eigenvalue weighted by molar-refractivity contribution is 7.08. The molecule has 0 spiro atoms. The molecule has 0 amide bonds. The van der Waals surface area contributed by atoms with Crippen LogP contribution in [-0.2, 0) is 12.0 Å². The van der Waals surface area contributed by atoms with Gasteiger partial charge in [0, 0.05) is 6.04 Å². The summed E-state index contributed by atoms with van der Waals surface area (Å²) in [5.41, 5.74) is 7.42. The summed E-state index contributed by atoms with van der Waals surface area (Å²) in [7, 11) is 0. The van der Waals surface area contributed by atoms with Crippen LogP contribution in [0.3, 0.4) is 0 Å². The average Bonchev–Trinajstić information content (AvgIpc) is 2.53. The number of fused-ring (bicyclic) bond motifs is 1. The third kappa shape index (κ3) is 1.31. The summed E-state index contributed by atoms with van der Waals surface area (Å²) < 4.78 is 0. The van der Waals surface area contributed by atoms with E-state index in [1.165, 1.54) is 5.56 Å². The molecular formula is C10H15NOS. The van der Waals surface area contributed by atoms with Crippen LogP contribution in [0.25, 0.3) is 0 Å². The minimum absolute atomic E-state index is 0.179. The predicted octanol–water partition coefficient (Wildman–Crippen LogP) is 1.62. The van der Waals surface area contributed by atoms with Crippen molar-refractivity contribution >= 4 is 11.3 Å². The van der Waals surface area contributed by atoms with Crippen molar-refractivity contribution in [3.8, 4) is 0 Å². The monoisotopic (exact) mass is 197 g/mol. The van der Waals surface area contributed by atoms with Crippen molar-refractivity contribution < 1.29 is 5.11 Å². The summed E-state index contributed by atoms with van der Waals surface area (Å²) in [6, 6.07) is -0.179. The van der Waals surface area contributed by atoms with Gasteiger partial charge in [-0.15, -0.1) is 0 Å². The van der Waals surface area contributed by atoms with Crippen LogP contribution < -0.4 is 5.73 Å². The van der Waals surface area contributed by atoms with Crippen molar-refractivity contribution in [2.24, 2.45) is 5.73 Å². The molecule has 72 valence electrons. The van der Waals surface area contributed by atoms with E-state index < -0.39 is 5.60 Å². The Kier molecular flexibility index (Phi) is 2.18. The number of aliphatic hydroxyl groups is 1. The lowest BCUT2D eigenvalue weighted by Crippen LogP contribution is -2.45. The molecule has 0 fully saturated rings. The Bertz CT molecular complexity index is 308. The molecule has 2 atom stereocenters. The molecule has 3 N–H and O–H groups in total. The minimum Gasteiger partial charge on any atom is -0.384 e. The van der Waals surface area contributed by atoms with Crippen molar-refractivity contribution in [1.29, 1.82) is 0 Å². The maximum Gasteiger partial charge on any atom is 0.105 e. The maximum absolute atomic E-state index is 10.4. The molecule has 0 saturated heterocycles. The van der Waals surface area contributed by atoms with Gasteiger partial charge in [-0.2, -0.15) is 11.3 Å². The van der Waals surface area contributed by atoms with E-state index >= 15 is 0 Å². The van der Waals surface area contributed by atoms with E-state index in [4.69, 9.17) is 5.73 Å². The Morgan fingerprint density at radius 3 is 3.08 bits per heavy atom. The first-order chi connectivity index (χ1) is 6.14. The molecule has 0 bridgehead atoms. The van der Waals surface area contributed by atoms with Crippen LogP contribution in [0.4, 0.5) is 0 Å². The van der Waals surface area contributed by atoms with Crippen LogP contribution >= 0.6 is 11.3 Å². The van der Waals surface area contributed by atoms with Gasteiger partial charge in [0.25, 0.3) is 0 Å². The van der Waals surface area contributed by atoms with Gasteiger partial charge in [-0.25, -0.2) is 0 Å². The van der Waals surface area contributed by atoms with Gasteiger partial charge >= 0.3 is 0 Å². The first-order valence-electron chi connectivity index (χ1n) is 4.68. The summed E-state index contributed by atoms with van der Waals surface area (Å²) in [4.78, 5) is 0. The number of thiophene rings is 1. The summed E-state index contributed by atoms with van der Waals surface area (Å²) in [6.07, 6.45) is 2.93. The van der Waals surface area contributed by atoms with E-state index in [9.17, 15) is 5.11 Å². The molecule has 1 heterocycles. The van der Waals surface area contributed by atoms with E-state index in [1.54, 1.807) is 11.3 Å². The number of aryl methyl sites for hydroxylation is 1. The van der Waals surface area contributed by atoms with E-state index in [1.807, 2.05) is 12.3 Å². The highest BCUT2D eigenvalue weighted by Gasteiger charge is 2.38. The molecule has 1 aromatic heterocycles. The third-order valence-electron chi connectivity index (χ3n) is 2.97. The van der Waals surface area contributed by atoms with E-state index in [0.29, 0.717) is 0 Å². The summed E-state index contributed by atoms with van der Waals surface area (Å²) in [5, 5.41) is 14.5. The molecule has 13 heavy (non-hydrogen) atoms. The highest BCUT2D eigenvalue weighted by Crippen LogP contribution is 2.38. The zero-order valence-electron chi connectivity index (χ0n) is 7.79. The Balaban J connectivity index is 2.45. The second-order valence-electron chi connectivity index (χ2n) is 3.88. The van der Waals surface area contributed by atoms with Gasteiger partial charge in [-0.1, -0.05) is 0 Å². The predicted molar refractivity (Wildman–Crippen MR) is 54.8 cm³/mol. The van der Waals surface area contributed by atoms with Crippen molar-refractivity contribution in [3.63, 3.8) is 0 Å². The molecule has 0 aliphatic heterocycles. The van der Waals surface area contributed by atoms with Gasteiger partial charge in [-0.05, 0) is 48.1 Å². The van der Waals surface area contributed by atoms with Gasteiger partial charge in [0.2, 0.25) is 0 Å². The smallest absolute Gasteiger partial charge is 0.105 e. The highest BCUT2D eigenvalue weighted by atomic mass is 32.1. The van der Waals surface area contributed by atoms with Gasteiger partial charge in [0.15, 0.2) is 0 Å². The fourth-order valence-corrected chi connectivity index (χ4v) is 3.02. The van der Waals surface area contributed by atoms with Gasteiger partial charge < -0.3 is 10.8 Å². The molecule has 2 nitrogen and oxygen atoms in total. The lowest BCUT2D eigenvalue weighted by atomic mass is 9.77. The third-order valence-corrected chi connectivity index (χ3v) is 3.76. The number of nitrogens with two attached hydrogens (primary N) is 1. The molecule has 0 saturated carbocycles. The number of rotatable bonds is 1. The van der Waals surface area contributed by atoms with Crippen LogP contribution in [0.2, 0.25) is 0 Å². The van der Waals surface area contributed by atoms with Crippen molar-refractivity contribution in [3.05, 3.63) is 21.9 Å². The van der Waals surface area contributed by atoms with Crippen molar-refractivity contribution in [2.45, 2.75) is 37.8 Å². The van der Waals surface area contributed by atoms with Gasteiger partial charge in [0.05, 0.1) is 0 Å². The molecule has 2 rings (SSSR count). The molecule has 1 aliphatic rings.